The van der Waals surface area contributed by atoms with Crippen molar-refractivity contribution in [2.24, 2.45) is 5.73 Å². The van der Waals surface area contributed by atoms with E-state index in [2.05, 4.69) is 5.32 Å². The zero-order valence-electron chi connectivity index (χ0n) is 9.12. The first kappa shape index (κ1) is 13.9. The van der Waals surface area contributed by atoms with Crippen LogP contribution in [0.25, 0.3) is 0 Å². The molecule has 88 valence electrons. The molecule has 3 amide bonds. The summed E-state index contributed by atoms with van der Waals surface area (Å²) >= 11 is 0. The Balaban J connectivity index is 3.77. The predicted molar refractivity (Wildman–Crippen MR) is 56.1 cm³/mol. The normalized spacial score (nSPS) is 14.3. The molecular formula is C9H19N3O3. The van der Waals surface area contributed by atoms with Crippen molar-refractivity contribution in [3.05, 3.63) is 0 Å². The summed E-state index contributed by atoms with van der Waals surface area (Å²) in [7, 11) is 0. The second-order valence-electron chi connectivity index (χ2n) is 3.43. The molecule has 15 heavy (non-hydrogen) atoms. The predicted octanol–water partition coefficient (Wildman–Crippen LogP) is -0.680. The maximum absolute atomic E-state index is 11.2. The largest absolute Gasteiger partial charge is 0.392 e. The number of hydrogen-bond acceptors (Lipinski definition) is 4. The minimum Gasteiger partial charge on any atom is -0.392 e. The molecule has 6 heteroatoms. The minimum atomic E-state index is -0.872. The second-order valence-corrected chi connectivity index (χ2v) is 3.43. The van der Waals surface area contributed by atoms with Gasteiger partial charge in [-0.3, -0.25) is 10.1 Å². The van der Waals surface area contributed by atoms with E-state index >= 15 is 0 Å². The zero-order valence-corrected chi connectivity index (χ0v) is 9.12. The Kier molecular flexibility index (Phi) is 6.64. The SMILES string of the molecule is CCCC(O)CNC(C)C(=O)NC(N)=O. The van der Waals surface area contributed by atoms with Gasteiger partial charge in [0.1, 0.15) is 0 Å². The lowest BCUT2D eigenvalue weighted by Crippen LogP contribution is -2.48. The molecule has 5 N–H and O–H groups in total. The third-order valence-corrected chi connectivity index (χ3v) is 1.92. The third kappa shape index (κ3) is 6.87. The highest BCUT2D eigenvalue weighted by atomic mass is 16.3. The van der Waals surface area contributed by atoms with Crippen LogP contribution in [0.2, 0.25) is 0 Å². The van der Waals surface area contributed by atoms with Crippen molar-refractivity contribution >= 4 is 11.9 Å². The van der Waals surface area contributed by atoms with Crippen molar-refractivity contribution in [2.75, 3.05) is 6.54 Å². The van der Waals surface area contributed by atoms with E-state index in [1.54, 1.807) is 6.92 Å². The van der Waals surface area contributed by atoms with Crippen molar-refractivity contribution in [1.29, 1.82) is 0 Å². The van der Waals surface area contributed by atoms with Gasteiger partial charge in [-0.15, -0.1) is 0 Å². The van der Waals surface area contributed by atoms with Crippen molar-refractivity contribution in [3.63, 3.8) is 0 Å². The van der Waals surface area contributed by atoms with Crippen LogP contribution in [0.3, 0.4) is 0 Å². The number of carbonyl (C=O) groups excluding carboxylic acids is 2. The average molecular weight is 217 g/mol. The van der Waals surface area contributed by atoms with E-state index < -0.39 is 24.1 Å². The molecule has 6 nitrogen and oxygen atoms in total. The maximum Gasteiger partial charge on any atom is 0.318 e. The van der Waals surface area contributed by atoms with Gasteiger partial charge in [-0.25, -0.2) is 4.79 Å². The van der Waals surface area contributed by atoms with Crippen LogP contribution < -0.4 is 16.4 Å². The molecule has 0 radical (unpaired) electrons. The first-order valence-corrected chi connectivity index (χ1v) is 4.99. The molecule has 2 unspecified atom stereocenters. The number of hydrogen-bond donors (Lipinski definition) is 4. The summed E-state index contributed by atoms with van der Waals surface area (Å²) < 4.78 is 0. The second kappa shape index (κ2) is 7.19. The van der Waals surface area contributed by atoms with E-state index in [1.807, 2.05) is 12.2 Å². The molecule has 0 aromatic heterocycles. The van der Waals surface area contributed by atoms with Gasteiger partial charge in [0.25, 0.3) is 0 Å². The Morgan fingerprint density at radius 3 is 2.53 bits per heavy atom. The number of nitrogens with two attached hydrogens (primary N) is 1. The maximum atomic E-state index is 11.2. The topological polar surface area (TPSA) is 104 Å². The number of aliphatic hydroxyl groups is 1. The standard InChI is InChI=1S/C9H19N3O3/c1-3-4-7(13)5-11-6(2)8(14)12-9(10)15/h6-7,11,13H,3-5H2,1-2H3,(H3,10,12,14,15). The summed E-state index contributed by atoms with van der Waals surface area (Å²) in [6, 6.07) is -1.42. The van der Waals surface area contributed by atoms with Crippen LogP contribution in [-0.2, 0) is 4.79 Å². The van der Waals surface area contributed by atoms with Crippen LogP contribution >= 0.6 is 0 Å². The van der Waals surface area contributed by atoms with Crippen molar-refractivity contribution < 1.29 is 14.7 Å². The zero-order chi connectivity index (χ0) is 11.8. The fourth-order valence-electron chi connectivity index (χ4n) is 1.07. The molecule has 0 fully saturated rings. The first-order chi connectivity index (χ1) is 6.97. The van der Waals surface area contributed by atoms with Crippen LogP contribution in [0.4, 0.5) is 4.79 Å². The van der Waals surface area contributed by atoms with Gasteiger partial charge in [-0.05, 0) is 13.3 Å². The fraction of sp³-hybridized carbons (Fsp3) is 0.778. The van der Waals surface area contributed by atoms with E-state index in [-0.39, 0.29) is 0 Å². The van der Waals surface area contributed by atoms with E-state index in [9.17, 15) is 14.7 Å². The summed E-state index contributed by atoms with van der Waals surface area (Å²) in [5, 5.41) is 14.1. The molecule has 0 saturated carbocycles. The van der Waals surface area contributed by atoms with E-state index in [4.69, 9.17) is 5.73 Å². The van der Waals surface area contributed by atoms with Gasteiger partial charge < -0.3 is 16.2 Å². The highest BCUT2D eigenvalue weighted by Gasteiger charge is 2.14. The number of nitrogens with one attached hydrogen (secondary N) is 2. The molecule has 0 rings (SSSR count). The highest BCUT2D eigenvalue weighted by Crippen LogP contribution is 1.94. The summed E-state index contributed by atoms with van der Waals surface area (Å²) in [6.45, 7) is 3.88. The molecule has 0 aliphatic rings. The molecule has 0 spiro atoms. The van der Waals surface area contributed by atoms with E-state index in [0.29, 0.717) is 13.0 Å². The number of rotatable bonds is 6. The number of urea groups is 1. The number of aliphatic hydroxyl groups excluding tert-OH is 1. The Labute approximate surface area is 89.2 Å². The Bertz CT molecular complexity index is 221. The molecule has 0 heterocycles. The average Bonchev–Trinajstić information content (AvgIpc) is 2.13. The smallest absolute Gasteiger partial charge is 0.318 e. The fourth-order valence-corrected chi connectivity index (χ4v) is 1.07. The van der Waals surface area contributed by atoms with Gasteiger partial charge in [-0.2, -0.15) is 0 Å². The monoisotopic (exact) mass is 217 g/mol. The van der Waals surface area contributed by atoms with Gasteiger partial charge in [0.05, 0.1) is 12.1 Å². The lowest BCUT2D eigenvalue weighted by Gasteiger charge is -2.15. The van der Waals surface area contributed by atoms with E-state index in [1.165, 1.54) is 0 Å². The Morgan fingerprint density at radius 2 is 2.07 bits per heavy atom. The van der Waals surface area contributed by atoms with Gasteiger partial charge in [-0.1, -0.05) is 13.3 Å². The van der Waals surface area contributed by atoms with Gasteiger partial charge in [0, 0.05) is 6.54 Å². The van der Waals surface area contributed by atoms with Crippen molar-refractivity contribution in [2.45, 2.75) is 38.8 Å². The van der Waals surface area contributed by atoms with Gasteiger partial charge in [0.2, 0.25) is 5.91 Å². The third-order valence-electron chi connectivity index (χ3n) is 1.92. The van der Waals surface area contributed by atoms with Crippen LogP contribution in [0.5, 0.6) is 0 Å². The number of amides is 3. The van der Waals surface area contributed by atoms with Crippen LogP contribution in [-0.4, -0.2) is 35.7 Å². The molecule has 0 saturated heterocycles. The molecule has 0 bridgehead atoms. The molecule has 0 aliphatic carbocycles. The van der Waals surface area contributed by atoms with Crippen LogP contribution in [0, 0.1) is 0 Å². The van der Waals surface area contributed by atoms with Crippen LogP contribution in [0.1, 0.15) is 26.7 Å². The Morgan fingerprint density at radius 1 is 1.47 bits per heavy atom. The lowest BCUT2D eigenvalue weighted by molar-refractivity contribution is -0.121. The van der Waals surface area contributed by atoms with Gasteiger partial charge >= 0.3 is 6.03 Å². The van der Waals surface area contributed by atoms with Crippen LogP contribution in [0.15, 0.2) is 0 Å². The molecular weight excluding hydrogens is 198 g/mol. The molecule has 2 atom stereocenters. The minimum absolute atomic E-state index is 0.321. The molecule has 0 aromatic rings. The summed E-state index contributed by atoms with van der Waals surface area (Å²) in [5.41, 5.74) is 4.79. The van der Waals surface area contributed by atoms with Crippen molar-refractivity contribution in [3.8, 4) is 0 Å². The number of carbonyl (C=O) groups is 2. The number of imide groups is 1. The Hall–Kier alpha value is -1.14. The molecule has 0 aromatic carbocycles. The summed E-state index contributed by atoms with van der Waals surface area (Å²) in [5.74, 6) is -0.494. The van der Waals surface area contributed by atoms with Crippen molar-refractivity contribution in [1.82, 2.24) is 10.6 Å². The van der Waals surface area contributed by atoms with Gasteiger partial charge in [0.15, 0.2) is 0 Å². The lowest BCUT2D eigenvalue weighted by atomic mass is 10.2. The quantitative estimate of drug-likeness (QED) is 0.473. The summed E-state index contributed by atoms with van der Waals surface area (Å²) in [4.78, 5) is 21.5. The molecule has 0 aliphatic heterocycles. The van der Waals surface area contributed by atoms with E-state index in [0.717, 1.165) is 6.42 Å². The summed E-state index contributed by atoms with van der Waals surface area (Å²) in [6.07, 6.45) is 1.08. The number of primary amides is 1. The first-order valence-electron chi connectivity index (χ1n) is 4.99. The highest BCUT2D eigenvalue weighted by molar-refractivity contribution is 5.96.